The largest absolute Gasteiger partial charge is 0.493 e. The van der Waals surface area contributed by atoms with Crippen LogP contribution in [0.1, 0.15) is 27.6 Å². The van der Waals surface area contributed by atoms with Crippen molar-refractivity contribution in [3.05, 3.63) is 75.2 Å². The lowest BCUT2D eigenvalue weighted by Crippen LogP contribution is -2.41. The highest BCUT2D eigenvalue weighted by atomic mass is 32.1. The lowest BCUT2D eigenvalue weighted by molar-refractivity contribution is -0.127. The van der Waals surface area contributed by atoms with E-state index in [-0.39, 0.29) is 11.7 Å². The van der Waals surface area contributed by atoms with Crippen LogP contribution in [0.25, 0.3) is 0 Å². The van der Waals surface area contributed by atoms with Crippen LogP contribution in [-0.4, -0.2) is 44.9 Å². The van der Waals surface area contributed by atoms with Gasteiger partial charge in [-0.3, -0.25) is 9.69 Å². The topological polar surface area (TPSA) is 72.4 Å². The quantitative estimate of drug-likeness (QED) is 0.385. The van der Waals surface area contributed by atoms with Crippen LogP contribution in [0.15, 0.2) is 52.9 Å². The van der Waals surface area contributed by atoms with Crippen LogP contribution < -0.4 is 19.6 Å². The molecule has 0 spiro atoms. The average Bonchev–Trinajstić information content (AvgIpc) is 3.32. The molecule has 178 valence electrons. The van der Waals surface area contributed by atoms with Crippen LogP contribution in [0, 0.1) is 5.82 Å². The molecule has 0 fully saturated rings. The number of thiophene rings is 1. The number of nitrogens with one attached hydrogen (secondary N) is 1. The maximum atomic E-state index is 14.0. The third kappa shape index (κ3) is 4.90. The summed E-state index contributed by atoms with van der Waals surface area (Å²) in [5.74, 6) is 0.645. The molecule has 0 saturated carbocycles. The Morgan fingerprint density at radius 2 is 1.97 bits per heavy atom. The van der Waals surface area contributed by atoms with Crippen LogP contribution >= 0.6 is 11.3 Å². The van der Waals surface area contributed by atoms with Gasteiger partial charge in [-0.2, -0.15) is 5.10 Å². The number of benzene rings is 2. The van der Waals surface area contributed by atoms with Gasteiger partial charge in [-0.25, -0.2) is 9.82 Å². The Hall–Kier alpha value is -3.43. The van der Waals surface area contributed by atoms with Crippen molar-refractivity contribution in [1.29, 1.82) is 0 Å². The van der Waals surface area contributed by atoms with Crippen LogP contribution in [0.4, 0.5) is 4.39 Å². The summed E-state index contributed by atoms with van der Waals surface area (Å²) in [5.41, 5.74) is 5.00. The predicted molar refractivity (Wildman–Crippen MR) is 129 cm³/mol. The van der Waals surface area contributed by atoms with E-state index >= 15 is 0 Å². The van der Waals surface area contributed by atoms with Gasteiger partial charge in [0.1, 0.15) is 11.9 Å². The van der Waals surface area contributed by atoms with Crippen molar-refractivity contribution in [2.75, 3.05) is 27.9 Å². The molecule has 34 heavy (non-hydrogen) atoms. The van der Waals surface area contributed by atoms with Gasteiger partial charge in [-0.15, -0.1) is 11.3 Å². The van der Waals surface area contributed by atoms with E-state index in [9.17, 15) is 9.18 Å². The normalized spacial score (nSPS) is 14.5. The van der Waals surface area contributed by atoms with E-state index in [2.05, 4.69) is 22.0 Å². The fourth-order valence-corrected chi connectivity index (χ4v) is 5.04. The van der Waals surface area contributed by atoms with Crippen molar-refractivity contribution in [1.82, 2.24) is 10.3 Å². The number of fused-ring (bicyclic) bond motifs is 1. The van der Waals surface area contributed by atoms with Crippen LogP contribution in [0.5, 0.6) is 17.2 Å². The Morgan fingerprint density at radius 3 is 2.71 bits per heavy atom. The van der Waals surface area contributed by atoms with Gasteiger partial charge in [0.2, 0.25) is 5.75 Å². The zero-order valence-electron chi connectivity index (χ0n) is 19.2. The van der Waals surface area contributed by atoms with Crippen LogP contribution in [0.3, 0.4) is 0 Å². The molecule has 1 atom stereocenters. The van der Waals surface area contributed by atoms with Gasteiger partial charge in [-0.1, -0.05) is 12.1 Å². The fourth-order valence-electron chi connectivity index (χ4n) is 4.15. The summed E-state index contributed by atoms with van der Waals surface area (Å²) in [6.45, 7) is 1.30. The van der Waals surface area contributed by atoms with Gasteiger partial charge >= 0.3 is 0 Å². The highest BCUT2D eigenvalue weighted by Gasteiger charge is 2.31. The second kappa shape index (κ2) is 10.7. The van der Waals surface area contributed by atoms with Gasteiger partial charge in [-0.05, 0) is 53.3 Å². The zero-order chi connectivity index (χ0) is 24.1. The summed E-state index contributed by atoms with van der Waals surface area (Å²) in [6.07, 6.45) is 2.33. The van der Waals surface area contributed by atoms with Crippen molar-refractivity contribution in [3.63, 3.8) is 0 Å². The molecular weight excluding hydrogens is 457 g/mol. The molecule has 1 unspecified atom stereocenters. The number of hydrogen-bond acceptors (Lipinski definition) is 7. The number of rotatable bonds is 8. The van der Waals surface area contributed by atoms with Crippen molar-refractivity contribution >= 4 is 23.5 Å². The van der Waals surface area contributed by atoms with E-state index in [0.717, 1.165) is 6.42 Å². The second-order valence-electron chi connectivity index (χ2n) is 7.70. The number of methoxy groups -OCH3 is 3. The molecule has 1 amide bonds. The molecular formula is C25H26FN3O4S. The average molecular weight is 484 g/mol. The van der Waals surface area contributed by atoms with Crippen LogP contribution in [0.2, 0.25) is 0 Å². The summed E-state index contributed by atoms with van der Waals surface area (Å²) < 4.78 is 30.2. The standard InChI is InChI=1S/C25H26FN3O4S/c1-31-20-8-7-17(23(32-2)24(20)33-3)14-27-28-25(30)22(16-5-4-6-19(26)13-16)29-11-9-21-18(15-29)10-12-34-21/h4-8,10,12-14,22H,9,11,15H2,1-3H3,(H,28,30)/b27-14-. The number of ether oxygens (including phenoxy) is 3. The molecule has 2 heterocycles. The van der Waals surface area contributed by atoms with Gasteiger partial charge in [0.25, 0.3) is 5.91 Å². The molecule has 1 aromatic heterocycles. The van der Waals surface area contributed by atoms with Crippen molar-refractivity contribution in [2.24, 2.45) is 5.10 Å². The highest BCUT2D eigenvalue weighted by molar-refractivity contribution is 7.10. The van der Waals surface area contributed by atoms with E-state index in [1.54, 1.807) is 35.6 Å². The van der Waals surface area contributed by atoms with Gasteiger partial charge in [0.15, 0.2) is 11.5 Å². The zero-order valence-corrected chi connectivity index (χ0v) is 20.0. The minimum absolute atomic E-state index is 0.347. The Kier molecular flexibility index (Phi) is 7.44. The van der Waals surface area contributed by atoms with Crippen molar-refractivity contribution < 1.29 is 23.4 Å². The van der Waals surface area contributed by atoms with Gasteiger partial charge < -0.3 is 14.2 Å². The van der Waals surface area contributed by atoms with E-state index in [1.165, 1.54) is 50.1 Å². The third-order valence-corrected chi connectivity index (χ3v) is 6.75. The lowest BCUT2D eigenvalue weighted by atomic mass is 10.0. The molecule has 0 saturated heterocycles. The minimum Gasteiger partial charge on any atom is -0.493 e. The first-order valence-electron chi connectivity index (χ1n) is 10.7. The first kappa shape index (κ1) is 23.7. The van der Waals surface area contributed by atoms with Crippen molar-refractivity contribution in [3.8, 4) is 17.2 Å². The fraction of sp³-hybridized carbons (Fsp3) is 0.280. The minimum atomic E-state index is -0.687. The number of halogens is 1. The molecule has 0 bridgehead atoms. The second-order valence-corrected chi connectivity index (χ2v) is 8.71. The van der Waals surface area contributed by atoms with E-state index in [4.69, 9.17) is 14.2 Å². The molecule has 1 aliphatic heterocycles. The Balaban J connectivity index is 1.58. The first-order valence-corrected chi connectivity index (χ1v) is 11.6. The molecule has 0 radical (unpaired) electrons. The molecule has 2 aromatic carbocycles. The highest BCUT2D eigenvalue weighted by Crippen LogP contribution is 2.39. The molecule has 4 rings (SSSR count). The van der Waals surface area contributed by atoms with E-state index in [1.807, 2.05) is 4.90 Å². The molecule has 0 aliphatic carbocycles. The summed E-state index contributed by atoms with van der Waals surface area (Å²) >= 11 is 1.72. The third-order valence-electron chi connectivity index (χ3n) is 5.73. The summed E-state index contributed by atoms with van der Waals surface area (Å²) in [7, 11) is 4.57. The number of hydrazone groups is 1. The number of amides is 1. The summed E-state index contributed by atoms with van der Waals surface area (Å²) in [5, 5.41) is 6.22. The number of carbonyl (C=O) groups is 1. The maximum Gasteiger partial charge on any atom is 0.262 e. The van der Waals surface area contributed by atoms with E-state index in [0.29, 0.717) is 41.5 Å². The predicted octanol–water partition coefficient (Wildman–Crippen LogP) is 4.16. The number of hydrogen-bond donors (Lipinski definition) is 1. The van der Waals surface area contributed by atoms with Gasteiger partial charge in [0.05, 0.1) is 27.5 Å². The summed E-state index contributed by atoms with van der Waals surface area (Å²) in [4.78, 5) is 16.7. The molecule has 1 N–H and O–H groups in total. The smallest absolute Gasteiger partial charge is 0.262 e. The Bertz CT molecular complexity index is 1200. The molecule has 1 aliphatic rings. The first-order chi connectivity index (χ1) is 16.5. The number of carbonyl (C=O) groups excluding carboxylic acids is 1. The Morgan fingerprint density at radius 1 is 1.15 bits per heavy atom. The lowest BCUT2D eigenvalue weighted by Gasteiger charge is -2.33. The molecule has 7 nitrogen and oxygen atoms in total. The molecule has 9 heteroatoms. The SMILES string of the molecule is COc1ccc(/C=N\NC(=O)C(c2cccc(F)c2)N2CCc3sccc3C2)c(OC)c1OC. The van der Waals surface area contributed by atoms with Crippen LogP contribution in [-0.2, 0) is 17.8 Å². The maximum absolute atomic E-state index is 14.0. The van der Waals surface area contributed by atoms with Gasteiger partial charge in [0, 0.05) is 23.5 Å². The number of nitrogens with zero attached hydrogens (tertiary/aromatic N) is 2. The summed E-state index contributed by atoms with van der Waals surface area (Å²) in [6, 6.07) is 11.0. The van der Waals surface area contributed by atoms with Crippen molar-refractivity contribution in [2.45, 2.75) is 19.0 Å². The monoisotopic (exact) mass is 483 g/mol. The van der Waals surface area contributed by atoms with E-state index < -0.39 is 6.04 Å². The Labute approximate surface area is 201 Å². The molecule has 3 aromatic rings.